The molecule has 8 heteroatoms. The van der Waals surface area contributed by atoms with Crippen molar-refractivity contribution in [2.75, 3.05) is 7.11 Å². The highest BCUT2D eigenvalue weighted by atomic mass is 35.5. The number of hydrogen-bond donors (Lipinski definition) is 1. The number of hydrogen-bond acceptors (Lipinski definition) is 5. The van der Waals surface area contributed by atoms with Crippen molar-refractivity contribution in [2.24, 2.45) is 0 Å². The maximum Gasteiger partial charge on any atom is 0.331 e. The number of rotatable bonds is 5. The molecule has 3 rings (SSSR count). The lowest BCUT2D eigenvalue weighted by Gasteiger charge is -2.31. The van der Waals surface area contributed by atoms with Gasteiger partial charge in [0.2, 0.25) is 0 Å². The molecular formula is C20H23ClN2O5. The molecule has 2 aliphatic rings. The molecule has 1 heterocycles. The van der Waals surface area contributed by atoms with E-state index >= 15 is 0 Å². The molecule has 0 radical (unpaired) electrons. The second-order valence-corrected chi connectivity index (χ2v) is 7.54. The summed E-state index contributed by atoms with van der Waals surface area (Å²) in [6, 6.07) is 2.39. The van der Waals surface area contributed by atoms with Crippen LogP contribution in [0.4, 0.5) is 4.79 Å². The van der Waals surface area contributed by atoms with E-state index in [1.807, 2.05) is 13.8 Å². The van der Waals surface area contributed by atoms with E-state index in [-0.39, 0.29) is 17.7 Å². The van der Waals surface area contributed by atoms with Gasteiger partial charge in [0.05, 0.1) is 18.2 Å². The Morgan fingerprint density at radius 2 is 1.89 bits per heavy atom. The lowest BCUT2D eigenvalue weighted by molar-refractivity contribution is -0.131. The minimum atomic E-state index is -0.721. The second-order valence-electron chi connectivity index (χ2n) is 7.13. The molecule has 1 N–H and O–H groups in total. The van der Waals surface area contributed by atoms with Gasteiger partial charge in [-0.25, -0.2) is 4.79 Å². The van der Waals surface area contributed by atoms with Crippen molar-refractivity contribution >= 4 is 35.5 Å². The molecule has 28 heavy (non-hydrogen) atoms. The van der Waals surface area contributed by atoms with Crippen LogP contribution in [0.5, 0.6) is 11.5 Å². The number of amides is 4. The number of urea groups is 1. The summed E-state index contributed by atoms with van der Waals surface area (Å²) in [5, 5.41) is 2.56. The van der Waals surface area contributed by atoms with Crippen molar-refractivity contribution in [1.82, 2.24) is 10.2 Å². The number of nitrogens with one attached hydrogen (secondary N) is 1. The van der Waals surface area contributed by atoms with E-state index in [9.17, 15) is 14.4 Å². The summed E-state index contributed by atoms with van der Waals surface area (Å²) in [7, 11) is 1.48. The Hall–Kier alpha value is -2.54. The van der Waals surface area contributed by atoms with E-state index in [0.29, 0.717) is 22.1 Å². The fourth-order valence-corrected chi connectivity index (χ4v) is 3.77. The van der Waals surface area contributed by atoms with Crippen LogP contribution >= 0.6 is 11.6 Å². The number of halogens is 1. The van der Waals surface area contributed by atoms with Crippen LogP contribution in [-0.2, 0) is 9.59 Å². The van der Waals surface area contributed by atoms with Crippen LogP contribution in [0.2, 0.25) is 5.02 Å². The average molecular weight is 407 g/mol. The highest BCUT2D eigenvalue weighted by molar-refractivity contribution is 6.33. The van der Waals surface area contributed by atoms with Crippen molar-refractivity contribution in [2.45, 2.75) is 51.7 Å². The monoisotopic (exact) mass is 406 g/mol. The van der Waals surface area contributed by atoms with Crippen molar-refractivity contribution in [3.05, 3.63) is 28.3 Å². The third kappa shape index (κ3) is 3.99. The molecule has 0 unspecified atom stereocenters. The van der Waals surface area contributed by atoms with Crippen LogP contribution in [0.1, 0.15) is 45.1 Å². The van der Waals surface area contributed by atoms with E-state index in [2.05, 4.69) is 5.32 Å². The van der Waals surface area contributed by atoms with Gasteiger partial charge >= 0.3 is 6.03 Å². The summed E-state index contributed by atoms with van der Waals surface area (Å²) < 4.78 is 11.0. The molecular weight excluding hydrogens is 384 g/mol. The van der Waals surface area contributed by atoms with Crippen LogP contribution in [0, 0.1) is 0 Å². The van der Waals surface area contributed by atoms with Crippen LogP contribution in [0.25, 0.3) is 6.08 Å². The van der Waals surface area contributed by atoms with E-state index in [1.165, 1.54) is 13.2 Å². The first-order valence-electron chi connectivity index (χ1n) is 9.26. The van der Waals surface area contributed by atoms with Crippen molar-refractivity contribution in [1.29, 1.82) is 0 Å². The van der Waals surface area contributed by atoms with Gasteiger partial charge in [-0.05, 0) is 50.5 Å². The van der Waals surface area contributed by atoms with Gasteiger partial charge in [0, 0.05) is 6.04 Å². The SMILES string of the molecule is COc1cc(/C=C2\C(=O)NC(=O)N(C3CCCC3)C2=O)cc(Cl)c1OC(C)C. The van der Waals surface area contributed by atoms with Crippen molar-refractivity contribution in [3.8, 4) is 11.5 Å². The third-order valence-electron chi connectivity index (χ3n) is 4.74. The van der Waals surface area contributed by atoms with E-state index < -0.39 is 17.8 Å². The standard InChI is InChI=1S/C20H23ClN2O5/c1-11(2)28-17-15(21)9-12(10-16(17)27-3)8-14-18(24)22-20(26)23(19(14)25)13-6-4-5-7-13/h8-11,13H,4-7H2,1-3H3,(H,22,24,26)/b14-8+. The number of nitrogens with zero attached hydrogens (tertiary/aromatic N) is 1. The van der Waals surface area contributed by atoms with Crippen LogP contribution in [0.15, 0.2) is 17.7 Å². The molecule has 1 saturated carbocycles. The van der Waals surface area contributed by atoms with Crippen LogP contribution in [0.3, 0.4) is 0 Å². The van der Waals surface area contributed by atoms with Gasteiger partial charge in [0.25, 0.3) is 11.8 Å². The van der Waals surface area contributed by atoms with Gasteiger partial charge < -0.3 is 9.47 Å². The zero-order valence-corrected chi connectivity index (χ0v) is 16.8. The maximum atomic E-state index is 12.9. The Bertz CT molecular complexity index is 843. The summed E-state index contributed by atoms with van der Waals surface area (Å²) in [6.07, 6.45) is 4.73. The molecule has 150 valence electrons. The summed E-state index contributed by atoms with van der Waals surface area (Å²) in [6.45, 7) is 3.73. The van der Waals surface area contributed by atoms with E-state index in [1.54, 1.807) is 12.1 Å². The van der Waals surface area contributed by atoms with E-state index in [0.717, 1.165) is 30.6 Å². The van der Waals surface area contributed by atoms with Crippen LogP contribution in [-0.4, -0.2) is 42.0 Å². The molecule has 0 spiro atoms. The molecule has 1 aromatic rings. The molecule has 0 bridgehead atoms. The largest absolute Gasteiger partial charge is 0.493 e. The number of methoxy groups -OCH3 is 1. The van der Waals surface area contributed by atoms with Gasteiger partial charge in [0.1, 0.15) is 5.57 Å². The molecule has 1 aliphatic heterocycles. The average Bonchev–Trinajstić information content (AvgIpc) is 3.14. The summed E-state index contributed by atoms with van der Waals surface area (Å²) in [5.41, 5.74) is 0.388. The Balaban J connectivity index is 1.96. The predicted octanol–water partition coefficient (Wildman–Crippen LogP) is 3.54. The lowest BCUT2D eigenvalue weighted by Crippen LogP contribution is -2.57. The minimum absolute atomic E-state index is 0.104. The first-order valence-corrected chi connectivity index (χ1v) is 9.64. The van der Waals surface area contributed by atoms with Crippen LogP contribution < -0.4 is 14.8 Å². The smallest absolute Gasteiger partial charge is 0.331 e. The van der Waals surface area contributed by atoms with Gasteiger partial charge in [-0.2, -0.15) is 0 Å². The molecule has 2 fully saturated rings. The van der Waals surface area contributed by atoms with Gasteiger partial charge in [-0.1, -0.05) is 24.4 Å². The number of carbonyl (C=O) groups is 3. The molecule has 0 aromatic heterocycles. The summed E-state index contributed by atoms with van der Waals surface area (Å²) in [5.74, 6) is -0.524. The number of carbonyl (C=O) groups excluding carboxylic acids is 3. The van der Waals surface area contributed by atoms with Gasteiger partial charge in [0.15, 0.2) is 11.5 Å². The summed E-state index contributed by atoms with van der Waals surface area (Å²) >= 11 is 6.32. The van der Waals surface area contributed by atoms with Crippen molar-refractivity contribution < 1.29 is 23.9 Å². The normalized spacial score (nSPS) is 19.5. The van der Waals surface area contributed by atoms with Gasteiger partial charge in [-0.15, -0.1) is 0 Å². The Kier molecular flexibility index (Phi) is 5.93. The fourth-order valence-electron chi connectivity index (χ4n) is 3.51. The Morgan fingerprint density at radius 3 is 2.50 bits per heavy atom. The molecule has 1 saturated heterocycles. The molecule has 0 atom stereocenters. The first-order chi connectivity index (χ1) is 13.3. The zero-order chi connectivity index (χ0) is 20.4. The fraction of sp³-hybridized carbons (Fsp3) is 0.450. The molecule has 1 aromatic carbocycles. The molecule has 7 nitrogen and oxygen atoms in total. The quantitative estimate of drug-likeness (QED) is 0.597. The highest BCUT2D eigenvalue weighted by Gasteiger charge is 2.40. The summed E-state index contributed by atoms with van der Waals surface area (Å²) in [4.78, 5) is 38.5. The third-order valence-corrected chi connectivity index (χ3v) is 5.02. The highest BCUT2D eigenvalue weighted by Crippen LogP contribution is 2.38. The number of barbiturate groups is 1. The predicted molar refractivity (Wildman–Crippen MR) is 104 cm³/mol. The van der Waals surface area contributed by atoms with Gasteiger partial charge in [-0.3, -0.25) is 19.8 Å². The maximum absolute atomic E-state index is 12.9. The minimum Gasteiger partial charge on any atom is -0.493 e. The van der Waals surface area contributed by atoms with E-state index in [4.69, 9.17) is 21.1 Å². The second kappa shape index (κ2) is 8.22. The molecule has 1 aliphatic carbocycles. The number of imide groups is 2. The topological polar surface area (TPSA) is 84.9 Å². The molecule has 4 amide bonds. The number of ether oxygens (including phenoxy) is 2. The zero-order valence-electron chi connectivity index (χ0n) is 16.1. The number of benzene rings is 1. The first kappa shape index (κ1) is 20.2. The Labute approximate surface area is 168 Å². The Morgan fingerprint density at radius 1 is 1.21 bits per heavy atom. The van der Waals surface area contributed by atoms with Crippen molar-refractivity contribution in [3.63, 3.8) is 0 Å². The lowest BCUT2D eigenvalue weighted by atomic mass is 10.0.